The molecule has 1 aliphatic heterocycles. The van der Waals surface area contributed by atoms with Crippen LogP contribution < -0.4 is 0 Å². The Hall–Kier alpha value is 1.17. The fraction of sp³-hybridized carbons (Fsp3) is 1.00. The van der Waals surface area contributed by atoms with Gasteiger partial charge in [-0.25, -0.2) is 0 Å². The van der Waals surface area contributed by atoms with Gasteiger partial charge < -0.3 is 0 Å². The first-order chi connectivity index (χ1) is 5.90. The van der Waals surface area contributed by atoms with Crippen LogP contribution in [0.1, 0.15) is 47.0 Å². The van der Waals surface area contributed by atoms with Gasteiger partial charge in [-0.15, -0.1) is 14.5 Å². The van der Waals surface area contributed by atoms with Crippen LogP contribution in [0.4, 0.5) is 0 Å². The second kappa shape index (κ2) is 5.48. The molecule has 0 saturated carbocycles. The quantitative estimate of drug-likeness (QED) is 0.414. The summed E-state index contributed by atoms with van der Waals surface area (Å²) in [5, 5.41) is 1.84. The van der Waals surface area contributed by atoms with Gasteiger partial charge in [-0.1, -0.05) is 0 Å². The Morgan fingerprint density at radius 3 is 1.86 bits per heavy atom. The topological polar surface area (TPSA) is 21.7 Å². The van der Waals surface area contributed by atoms with E-state index in [4.69, 9.17) is 16.9 Å². The molecule has 14 heavy (non-hydrogen) atoms. The second-order valence-corrected chi connectivity index (χ2v) is 5.04. The van der Waals surface area contributed by atoms with E-state index in [9.17, 15) is 0 Å². The van der Waals surface area contributed by atoms with E-state index < -0.39 is 0 Å². The van der Waals surface area contributed by atoms with Crippen LogP contribution in [0.3, 0.4) is 0 Å². The van der Waals surface area contributed by atoms with Crippen molar-refractivity contribution >= 4 is 41.4 Å². The molecule has 0 bridgehead atoms. The molecule has 79 valence electrons. The molecule has 0 amide bonds. The third-order valence-corrected chi connectivity index (χ3v) is 2.84. The van der Waals surface area contributed by atoms with Crippen LogP contribution in [0, 0.1) is 0 Å². The largest absolute Gasteiger partial charge is 0.144 e. The number of hydrogen-bond donors (Lipinski definition) is 0. The zero-order valence-electron chi connectivity index (χ0n) is 9.76. The molecule has 0 aromatic carbocycles. The zero-order chi connectivity index (χ0) is 10.1. The summed E-state index contributed by atoms with van der Waals surface area (Å²) in [4.78, 5) is 5.01. The maximum absolute atomic E-state index is 5.13. The van der Waals surface area contributed by atoms with Crippen LogP contribution in [-0.4, -0.2) is 45.7 Å². The minimum absolute atomic E-state index is 0. The van der Waals surface area contributed by atoms with Crippen molar-refractivity contribution in [2.45, 2.75) is 58.0 Å². The van der Waals surface area contributed by atoms with E-state index in [-0.39, 0.29) is 40.6 Å². The van der Waals surface area contributed by atoms with Gasteiger partial charge >= 0.3 is 0 Å². The summed E-state index contributed by atoms with van der Waals surface area (Å²) in [7, 11) is 0. The summed E-state index contributed by atoms with van der Waals surface area (Å²) in [5.74, 6) is 0. The molecular weight excluding hydrogens is 213 g/mol. The Balaban J connectivity index is 0.00000169. The maximum Gasteiger partial charge on any atom is 0.102 e. The summed E-state index contributed by atoms with van der Waals surface area (Å²) in [6.45, 7) is 8.52. The first-order valence-electron chi connectivity index (χ1n) is 4.66. The first kappa shape index (κ1) is 15.2. The molecule has 0 spiro atoms. The molecule has 1 saturated heterocycles. The van der Waals surface area contributed by atoms with Crippen molar-refractivity contribution in [1.29, 1.82) is 0 Å². The fourth-order valence-corrected chi connectivity index (χ4v) is 2.26. The third-order valence-electron chi connectivity index (χ3n) is 2.78. The molecule has 0 aromatic rings. The van der Waals surface area contributed by atoms with Gasteiger partial charge in [0.1, 0.15) is 11.9 Å². The van der Waals surface area contributed by atoms with E-state index in [2.05, 4.69) is 32.1 Å². The Morgan fingerprint density at radius 1 is 1.07 bits per heavy atom. The summed E-state index contributed by atoms with van der Waals surface area (Å²) in [5.41, 5.74) is -0.0344. The van der Waals surface area contributed by atoms with Crippen molar-refractivity contribution in [3.8, 4) is 0 Å². The van der Waals surface area contributed by atoms with E-state index in [1.54, 1.807) is 0 Å². The predicted molar refractivity (Wildman–Crippen MR) is 57.6 cm³/mol. The molecular formula is C9H18ClNNaO2. The zero-order valence-corrected chi connectivity index (χ0v) is 12.5. The maximum atomic E-state index is 5.13. The molecule has 0 N–H and O–H groups in total. The molecule has 0 aliphatic carbocycles. The van der Waals surface area contributed by atoms with Crippen LogP contribution in [0.2, 0.25) is 0 Å². The van der Waals surface area contributed by atoms with Gasteiger partial charge in [0.25, 0.3) is 0 Å². The Bertz CT molecular complexity index is 172. The molecule has 1 rings (SSSR count). The predicted octanol–water partition coefficient (Wildman–Crippen LogP) is 2.67. The second-order valence-electron chi connectivity index (χ2n) is 4.91. The van der Waals surface area contributed by atoms with Crippen molar-refractivity contribution < 1.29 is 9.43 Å². The van der Waals surface area contributed by atoms with Crippen molar-refractivity contribution in [3.63, 3.8) is 0 Å². The van der Waals surface area contributed by atoms with Crippen LogP contribution in [0.15, 0.2) is 0 Å². The number of rotatable bonds is 2. The minimum atomic E-state index is -0.0172. The number of nitrogens with zero attached hydrogens (tertiary/aromatic N) is 1. The molecule has 1 radical (unpaired) electrons. The Kier molecular flexibility index (Phi) is 5.94. The van der Waals surface area contributed by atoms with E-state index >= 15 is 0 Å². The van der Waals surface area contributed by atoms with E-state index in [0.29, 0.717) is 0 Å². The van der Waals surface area contributed by atoms with Crippen LogP contribution in [0.25, 0.3) is 0 Å². The number of hydroxylamine groups is 2. The molecule has 0 aromatic heterocycles. The van der Waals surface area contributed by atoms with Gasteiger partial charge in [0, 0.05) is 40.6 Å². The monoisotopic (exact) mass is 230 g/mol. The molecule has 1 fully saturated rings. The molecule has 0 atom stereocenters. The summed E-state index contributed by atoms with van der Waals surface area (Å²) in [6, 6.07) is 0. The number of halogens is 1. The minimum Gasteiger partial charge on any atom is -0.144 e. The molecule has 1 heterocycles. The standard InChI is InChI=1S/C9H18ClNO2.Na/c1-8(2)6-5-7-9(3,4)11(8)13-12-10;/h5-7H2,1-4H3;. The first-order valence-corrected chi connectivity index (χ1v) is 4.97. The molecule has 0 unspecified atom stereocenters. The van der Waals surface area contributed by atoms with E-state index in [1.807, 2.05) is 5.06 Å². The smallest absolute Gasteiger partial charge is 0.102 e. The van der Waals surface area contributed by atoms with Crippen LogP contribution >= 0.6 is 11.9 Å². The number of hydrogen-bond acceptors (Lipinski definition) is 3. The normalized spacial score (nSPS) is 25.5. The summed E-state index contributed by atoms with van der Waals surface area (Å²) < 4.78 is 4.25. The summed E-state index contributed by atoms with van der Waals surface area (Å²) >= 11 is 5.13. The average molecular weight is 231 g/mol. The summed E-state index contributed by atoms with van der Waals surface area (Å²) in [6.07, 6.45) is 3.40. The van der Waals surface area contributed by atoms with Gasteiger partial charge in [0.2, 0.25) is 0 Å². The van der Waals surface area contributed by atoms with E-state index in [1.165, 1.54) is 6.42 Å². The van der Waals surface area contributed by atoms with E-state index in [0.717, 1.165) is 12.8 Å². The van der Waals surface area contributed by atoms with Gasteiger partial charge in [-0.2, -0.15) is 0 Å². The molecule has 1 aliphatic rings. The van der Waals surface area contributed by atoms with Gasteiger partial charge in [0.05, 0.1) is 0 Å². The van der Waals surface area contributed by atoms with Crippen molar-refractivity contribution in [3.05, 3.63) is 0 Å². The molecule has 3 nitrogen and oxygen atoms in total. The Morgan fingerprint density at radius 2 is 1.50 bits per heavy atom. The average Bonchev–Trinajstić information content (AvgIpc) is 1.96. The third kappa shape index (κ3) is 3.34. The van der Waals surface area contributed by atoms with Gasteiger partial charge in [-0.05, 0) is 47.0 Å². The van der Waals surface area contributed by atoms with Crippen molar-refractivity contribution in [2.24, 2.45) is 0 Å². The van der Waals surface area contributed by atoms with Crippen molar-refractivity contribution in [2.75, 3.05) is 0 Å². The van der Waals surface area contributed by atoms with Gasteiger partial charge in [0.15, 0.2) is 0 Å². The fourth-order valence-electron chi connectivity index (χ4n) is 2.21. The van der Waals surface area contributed by atoms with Crippen LogP contribution in [-0.2, 0) is 9.43 Å². The van der Waals surface area contributed by atoms with Crippen LogP contribution in [0.5, 0.6) is 0 Å². The van der Waals surface area contributed by atoms with Gasteiger partial charge in [-0.3, -0.25) is 0 Å². The molecule has 5 heteroatoms. The SMILES string of the molecule is CC1(C)CCCC(C)(C)N1OOCl.[Na]. The number of piperidine rings is 1. The Labute approximate surface area is 113 Å². The van der Waals surface area contributed by atoms with Crippen molar-refractivity contribution in [1.82, 2.24) is 5.06 Å².